The quantitative estimate of drug-likeness (QED) is 0.476. The summed E-state index contributed by atoms with van der Waals surface area (Å²) in [5.74, 6) is 1.31. The summed E-state index contributed by atoms with van der Waals surface area (Å²) in [5, 5.41) is 17.3. The lowest BCUT2D eigenvalue weighted by Gasteiger charge is -2.12. The summed E-state index contributed by atoms with van der Waals surface area (Å²) in [5.41, 5.74) is 2.43. The fraction of sp³-hybridized carbons (Fsp3) is 0.222. The van der Waals surface area contributed by atoms with Crippen LogP contribution in [0.25, 0.3) is 10.9 Å². The molecule has 0 aliphatic carbocycles. The van der Waals surface area contributed by atoms with E-state index in [1.54, 1.807) is 13.2 Å². The normalized spacial score (nSPS) is 10.8. The van der Waals surface area contributed by atoms with Gasteiger partial charge >= 0.3 is 0 Å². The summed E-state index contributed by atoms with van der Waals surface area (Å²) in [7, 11) is 1.66. The second-order valence-electron chi connectivity index (χ2n) is 5.48. The summed E-state index contributed by atoms with van der Waals surface area (Å²) in [6.45, 7) is 3.19. The summed E-state index contributed by atoms with van der Waals surface area (Å²) >= 11 is 0. The Kier molecular flexibility index (Phi) is 4.77. The Hall–Kier alpha value is -2.86. The van der Waals surface area contributed by atoms with Gasteiger partial charge in [0.25, 0.3) is 0 Å². The van der Waals surface area contributed by atoms with Crippen molar-refractivity contribution < 1.29 is 9.84 Å². The molecule has 6 nitrogen and oxygen atoms in total. The Morgan fingerprint density at radius 3 is 2.79 bits per heavy atom. The van der Waals surface area contributed by atoms with Crippen molar-refractivity contribution in [2.75, 3.05) is 30.9 Å². The number of methoxy groups -OCH3 is 1. The fourth-order valence-electron chi connectivity index (χ4n) is 2.41. The first-order valence-corrected chi connectivity index (χ1v) is 7.73. The monoisotopic (exact) mass is 324 g/mol. The van der Waals surface area contributed by atoms with E-state index < -0.39 is 0 Å². The summed E-state index contributed by atoms with van der Waals surface area (Å²) in [6.07, 6.45) is 0. The molecule has 1 aromatic heterocycles. The molecule has 124 valence electrons. The van der Waals surface area contributed by atoms with Crippen molar-refractivity contribution in [2.24, 2.45) is 0 Å². The van der Waals surface area contributed by atoms with Crippen LogP contribution in [-0.2, 0) is 4.74 Å². The second kappa shape index (κ2) is 7.14. The number of hydrogen-bond donors (Lipinski definition) is 3. The van der Waals surface area contributed by atoms with Crippen LogP contribution in [0.15, 0.2) is 42.5 Å². The number of ether oxygens (including phenoxy) is 1. The highest BCUT2D eigenvalue weighted by atomic mass is 16.5. The van der Waals surface area contributed by atoms with Gasteiger partial charge in [-0.3, -0.25) is 0 Å². The van der Waals surface area contributed by atoms with Crippen molar-refractivity contribution in [1.82, 2.24) is 9.97 Å². The number of aromatic nitrogens is 2. The summed E-state index contributed by atoms with van der Waals surface area (Å²) < 4.78 is 5.08. The van der Waals surface area contributed by atoms with Gasteiger partial charge in [-0.2, -0.15) is 4.98 Å². The predicted molar refractivity (Wildman–Crippen MR) is 96.0 cm³/mol. The van der Waals surface area contributed by atoms with Crippen molar-refractivity contribution in [3.05, 3.63) is 48.0 Å². The van der Waals surface area contributed by atoms with Crippen LogP contribution in [-0.4, -0.2) is 35.3 Å². The van der Waals surface area contributed by atoms with Crippen LogP contribution in [0.3, 0.4) is 0 Å². The number of aromatic hydroxyl groups is 1. The lowest BCUT2D eigenvalue weighted by molar-refractivity contribution is 0.210. The van der Waals surface area contributed by atoms with Gasteiger partial charge in [-0.25, -0.2) is 4.98 Å². The number of aryl methyl sites for hydroxylation is 1. The SMILES string of the molecule is COCCNc1nc(Nc2cc(C)ccc2O)nc2ccccc12. The van der Waals surface area contributed by atoms with E-state index in [9.17, 15) is 5.11 Å². The molecular formula is C18H20N4O2. The third-order valence-corrected chi connectivity index (χ3v) is 3.60. The van der Waals surface area contributed by atoms with E-state index in [1.165, 1.54) is 0 Å². The van der Waals surface area contributed by atoms with Crippen molar-refractivity contribution >= 4 is 28.4 Å². The van der Waals surface area contributed by atoms with Crippen LogP contribution in [0.5, 0.6) is 5.75 Å². The Bertz CT molecular complexity index is 852. The molecule has 1 heterocycles. The van der Waals surface area contributed by atoms with Gasteiger partial charge < -0.3 is 20.5 Å². The Morgan fingerprint density at radius 2 is 1.96 bits per heavy atom. The molecule has 3 rings (SSSR count). The van der Waals surface area contributed by atoms with Crippen LogP contribution in [0, 0.1) is 6.92 Å². The first kappa shape index (κ1) is 16.0. The number of phenols is 1. The molecule has 2 aromatic carbocycles. The molecule has 0 radical (unpaired) electrons. The highest BCUT2D eigenvalue weighted by Gasteiger charge is 2.09. The zero-order valence-electron chi connectivity index (χ0n) is 13.7. The maximum atomic E-state index is 10.0. The molecule has 0 unspecified atom stereocenters. The smallest absolute Gasteiger partial charge is 0.229 e. The molecule has 0 amide bonds. The molecule has 0 aliphatic heterocycles. The van der Waals surface area contributed by atoms with Crippen LogP contribution < -0.4 is 10.6 Å². The second-order valence-corrected chi connectivity index (χ2v) is 5.48. The zero-order valence-corrected chi connectivity index (χ0v) is 13.7. The molecule has 0 fully saturated rings. The van der Waals surface area contributed by atoms with E-state index in [1.807, 2.05) is 43.3 Å². The number of para-hydroxylation sites is 1. The predicted octanol–water partition coefficient (Wildman–Crippen LogP) is 3.45. The molecule has 6 heteroatoms. The van der Waals surface area contributed by atoms with Crippen LogP contribution in [0.4, 0.5) is 17.5 Å². The van der Waals surface area contributed by atoms with Crippen molar-refractivity contribution in [3.8, 4) is 5.75 Å². The number of nitrogens with one attached hydrogen (secondary N) is 2. The Labute approximate surface area is 140 Å². The number of phenolic OH excluding ortho intramolecular Hbond substituents is 1. The van der Waals surface area contributed by atoms with Crippen LogP contribution >= 0.6 is 0 Å². The number of fused-ring (bicyclic) bond motifs is 1. The number of rotatable bonds is 6. The summed E-state index contributed by atoms with van der Waals surface area (Å²) in [6, 6.07) is 13.1. The zero-order chi connectivity index (χ0) is 16.9. The fourth-order valence-corrected chi connectivity index (χ4v) is 2.41. The Morgan fingerprint density at radius 1 is 1.12 bits per heavy atom. The van der Waals surface area contributed by atoms with Gasteiger partial charge in [0.1, 0.15) is 11.6 Å². The van der Waals surface area contributed by atoms with Crippen molar-refractivity contribution in [1.29, 1.82) is 0 Å². The first-order chi connectivity index (χ1) is 11.7. The van der Waals surface area contributed by atoms with Crippen molar-refractivity contribution in [2.45, 2.75) is 6.92 Å². The van der Waals surface area contributed by atoms with Gasteiger partial charge in [0.05, 0.1) is 17.8 Å². The van der Waals surface area contributed by atoms with Gasteiger partial charge in [-0.1, -0.05) is 18.2 Å². The van der Waals surface area contributed by atoms with E-state index in [0.717, 1.165) is 22.3 Å². The molecule has 0 saturated carbocycles. The van der Waals surface area contributed by atoms with Gasteiger partial charge in [-0.15, -0.1) is 0 Å². The number of nitrogens with zero attached hydrogens (tertiary/aromatic N) is 2. The molecule has 0 atom stereocenters. The van der Waals surface area contributed by atoms with Gasteiger partial charge in [0, 0.05) is 19.0 Å². The minimum atomic E-state index is 0.159. The third kappa shape index (κ3) is 3.55. The topological polar surface area (TPSA) is 79.3 Å². The number of hydrogen-bond acceptors (Lipinski definition) is 6. The molecular weight excluding hydrogens is 304 g/mol. The molecule has 0 aliphatic rings. The standard InChI is InChI=1S/C18H20N4O2/c1-12-7-8-16(23)15(11-12)21-18-20-14-6-4-3-5-13(14)17(22-18)19-9-10-24-2/h3-8,11,23H,9-10H2,1-2H3,(H2,19,20,21,22). The lowest BCUT2D eigenvalue weighted by Crippen LogP contribution is -2.10. The highest BCUT2D eigenvalue weighted by molar-refractivity contribution is 5.90. The molecule has 0 spiro atoms. The first-order valence-electron chi connectivity index (χ1n) is 7.73. The minimum Gasteiger partial charge on any atom is -0.506 e. The summed E-state index contributed by atoms with van der Waals surface area (Å²) in [4.78, 5) is 9.06. The maximum absolute atomic E-state index is 10.0. The average Bonchev–Trinajstić information content (AvgIpc) is 2.58. The largest absolute Gasteiger partial charge is 0.506 e. The molecule has 3 aromatic rings. The highest BCUT2D eigenvalue weighted by Crippen LogP contribution is 2.28. The van der Waals surface area contributed by atoms with E-state index >= 15 is 0 Å². The van der Waals surface area contributed by atoms with Gasteiger partial charge in [0.2, 0.25) is 5.95 Å². The van der Waals surface area contributed by atoms with Crippen LogP contribution in [0.2, 0.25) is 0 Å². The van der Waals surface area contributed by atoms with Gasteiger partial charge in [-0.05, 0) is 36.8 Å². The maximum Gasteiger partial charge on any atom is 0.229 e. The lowest BCUT2D eigenvalue weighted by atomic mass is 10.2. The minimum absolute atomic E-state index is 0.159. The molecule has 3 N–H and O–H groups in total. The Balaban J connectivity index is 1.97. The number of anilines is 3. The molecule has 0 saturated heterocycles. The van der Waals surface area contributed by atoms with E-state index in [2.05, 4.69) is 20.6 Å². The molecule has 24 heavy (non-hydrogen) atoms. The van der Waals surface area contributed by atoms with E-state index in [0.29, 0.717) is 24.8 Å². The van der Waals surface area contributed by atoms with Gasteiger partial charge in [0.15, 0.2) is 0 Å². The molecule has 0 bridgehead atoms. The third-order valence-electron chi connectivity index (χ3n) is 3.60. The van der Waals surface area contributed by atoms with Crippen LogP contribution in [0.1, 0.15) is 5.56 Å². The average molecular weight is 324 g/mol. The van der Waals surface area contributed by atoms with Crippen molar-refractivity contribution in [3.63, 3.8) is 0 Å². The number of benzene rings is 2. The van der Waals surface area contributed by atoms with E-state index in [4.69, 9.17) is 4.74 Å². The van der Waals surface area contributed by atoms with E-state index in [-0.39, 0.29) is 5.75 Å².